The molecule has 3 atom stereocenters. The van der Waals surface area contributed by atoms with Gasteiger partial charge in [-0.05, 0) is 67.6 Å². The topological polar surface area (TPSA) is 92.3 Å². The summed E-state index contributed by atoms with van der Waals surface area (Å²) < 4.78 is 69.0. The third-order valence-corrected chi connectivity index (χ3v) is 8.63. The zero-order valence-electron chi connectivity index (χ0n) is 17.0. The van der Waals surface area contributed by atoms with Crippen molar-refractivity contribution in [1.29, 1.82) is 0 Å². The summed E-state index contributed by atoms with van der Waals surface area (Å²) in [5.74, 6) is -0.132. The Morgan fingerprint density at radius 1 is 0.867 bits per heavy atom. The summed E-state index contributed by atoms with van der Waals surface area (Å²) in [6.45, 7) is 3.69. The van der Waals surface area contributed by atoms with Gasteiger partial charge in [0.2, 0.25) is 20.0 Å². The van der Waals surface area contributed by atoms with Crippen LogP contribution in [0.2, 0.25) is 0 Å². The summed E-state index contributed by atoms with van der Waals surface area (Å²) in [4.78, 5) is -0.00717. The molecule has 0 amide bonds. The molecule has 1 aliphatic rings. The Hall–Kier alpha value is -1.81. The molecule has 1 aliphatic carbocycles. The molecule has 0 heterocycles. The summed E-state index contributed by atoms with van der Waals surface area (Å²) in [6.07, 6.45) is 3.89. The number of sulfonamides is 2. The number of hydrogen-bond acceptors (Lipinski definition) is 4. The minimum Gasteiger partial charge on any atom is -0.208 e. The van der Waals surface area contributed by atoms with E-state index in [9.17, 15) is 21.2 Å². The van der Waals surface area contributed by atoms with Crippen LogP contribution in [0.25, 0.3) is 0 Å². The lowest BCUT2D eigenvalue weighted by Gasteiger charge is -2.29. The van der Waals surface area contributed by atoms with Crippen molar-refractivity contribution in [3.8, 4) is 0 Å². The van der Waals surface area contributed by atoms with Gasteiger partial charge in [-0.15, -0.1) is 0 Å². The highest BCUT2D eigenvalue weighted by Gasteiger charge is 2.27. The SMILES string of the molecule is C[C@H](NS(=O)(=O)c1ccc(S(=O)(=O)N[C@@H]2CCCC[C@H]2C)cc1)c1ccc(F)cc1. The van der Waals surface area contributed by atoms with E-state index in [0.717, 1.165) is 25.7 Å². The quantitative estimate of drug-likeness (QED) is 0.667. The Balaban J connectivity index is 1.72. The van der Waals surface area contributed by atoms with Gasteiger partial charge < -0.3 is 0 Å². The van der Waals surface area contributed by atoms with E-state index < -0.39 is 31.9 Å². The maximum Gasteiger partial charge on any atom is 0.241 e. The number of halogens is 1. The molecule has 0 aliphatic heterocycles. The molecule has 9 heteroatoms. The van der Waals surface area contributed by atoms with Crippen LogP contribution in [0.1, 0.15) is 51.1 Å². The molecule has 1 fully saturated rings. The van der Waals surface area contributed by atoms with Crippen molar-refractivity contribution in [2.24, 2.45) is 5.92 Å². The lowest BCUT2D eigenvalue weighted by Crippen LogP contribution is -2.40. The maximum absolute atomic E-state index is 13.1. The second kappa shape index (κ2) is 9.13. The Labute approximate surface area is 178 Å². The highest BCUT2D eigenvalue weighted by molar-refractivity contribution is 7.90. The van der Waals surface area contributed by atoms with Gasteiger partial charge >= 0.3 is 0 Å². The third kappa shape index (κ3) is 5.46. The van der Waals surface area contributed by atoms with Gasteiger partial charge in [0.1, 0.15) is 5.82 Å². The molecule has 2 aromatic rings. The van der Waals surface area contributed by atoms with Crippen LogP contribution in [0, 0.1) is 11.7 Å². The lowest BCUT2D eigenvalue weighted by atomic mass is 9.87. The summed E-state index contributed by atoms with van der Waals surface area (Å²) in [5.41, 5.74) is 0.616. The van der Waals surface area contributed by atoms with Gasteiger partial charge in [-0.3, -0.25) is 0 Å². The standard InChI is InChI=1S/C21H27FN2O4S2/c1-15-5-3-4-6-21(15)24-30(27,28)20-13-11-19(12-14-20)29(25,26)23-16(2)17-7-9-18(22)10-8-17/h7-16,21,23-24H,3-6H2,1-2H3/t15-,16+,21-/m1/s1. The molecule has 6 nitrogen and oxygen atoms in total. The van der Waals surface area contributed by atoms with Crippen molar-refractivity contribution in [2.45, 2.75) is 61.4 Å². The molecular weight excluding hydrogens is 427 g/mol. The van der Waals surface area contributed by atoms with Crippen LogP contribution in [0.3, 0.4) is 0 Å². The van der Waals surface area contributed by atoms with Gasteiger partial charge in [0.25, 0.3) is 0 Å². The molecule has 0 saturated heterocycles. The highest BCUT2D eigenvalue weighted by atomic mass is 32.2. The molecule has 0 bridgehead atoms. The molecule has 0 unspecified atom stereocenters. The first-order valence-electron chi connectivity index (χ1n) is 9.99. The predicted molar refractivity (Wildman–Crippen MR) is 113 cm³/mol. The Morgan fingerprint density at radius 2 is 1.40 bits per heavy atom. The minimum atomic E-state index is -3.87. The zero-order chi connectivity index (χ0) is 21.9. The van der Waals surface area contributed by atoms with E-state index in [1.165, 1.54) is 48.5 Å². The molecule has 1 saturated carbocycles. The summed E-state index contributed by atoms with van der Waals surface area (Å²) >= 11 is 0. The normalized spacial score (nSPS) is 21.3. The maximum atomic E-state index is 13.1. The molecule has 2 aromatic carbocycles. The van der Waals surface area contributed by atoms with E-state index in [4.69, 9.17) is 0 Å². The van der Waals surface area contributed by atoms with E-state index in [1.54, 1.807) is 6.92 Å². The Kier molecular flexibility index (Phi) is 6.96. The van der Waals surface area contributed by atoms with E-state index in [0.29, 0.717) is 5.56 Å². The lowest BCUT2D eigenvalue weighted by molar-refractivity contribution is 0.310. The monoisotopic (exact) mass is 454 g/mol. The smallest absolute Gasteiger partial charge is 0.208 e. The molecule has 30 heavy (non-hydrogen) atoms. The van der Waals surface area contributed by atoms with E-state index >= 15 is 0 Å². The Bertz CT molecular complexity index is 1070. The van der Waals surface area contributed by atoms with Crippen LogP contribution in [0.4, 0.5) is 4.39 Å². The first-order chi connectivity index (χ1) is 14.1. The van der Waals surface area contributed by atoms with Crippen molar-refractivity contribution in [2.75, 3.05) is 0 Å². The fraction of sp³-hybridized carbons (Fsp3) is 0.429. The van der Waals surface area contributed by atoms with Gasteiger partial charge in [-0.25, -0.2) is 30.7 Å². The first kappa shape index (κ1) is 22.9. The molecule has 2 N–H and O–H groups in total. The van der Waals surface area contributed by atoms with Crippen LogP contribution in [-0.4, -0.2) is 22.9 Å². The van der Waals surface area contributed by atoms with Crippen molar-refractivity contribution in [1.82, 2.24) is 9.44 Å². The molecule has 0 radical (unpaired) electrons. The van der Waals surface area contributed by atoms with Crippen molar-refractivity contribution in [3.63, 3.8) is 0 Å². The van der Waals surface area contributed by atoms with Crippen LogP contribution in [0.5, 0.6) is 0 Å². The molecular formula is C21H27FN2O4S2. The van der Waals surface area contributed by atoms with Gasteiger partial charge in [0.05, 0.1) is 9.79 Å². The summed E-state index contributed by atoms with van der Waals surface area (Å²) in [7, 11) is -7.60. The van der Waals surface area contributed by atoms with Gasteiger partial charge in [-0.2, -0.15) is 0 Å². The average Bonchev–Trinajstić information content (AvgIpc) is 2.70. The Morgan fingerprint density at radius 3 is 1.97 bits per heavy atom. The van der Waals surface area contributed by atoms with Crippen LogP contribution >= 0.6 is 0 Å². The van der Waals surface area contributed by atoms with Gasteiger partial charge in [0.15, 0.2) is 0 Å². The van der Waals surface area contributed by atoms with Crippen molar-refractivity contribution >= 4 is 20.0 Å². The molecule has 0 aromatic heterocycles. The van der Waals surface area contributed by atoms with Crippen molar-refractivity contribution < 1.29 is 21.2 Å². The number of hydrogen-bond donors (Lipinski definition) is 2. The molecule has 3 rings (SSSR count). The predicted octanol–water partition coefficient (Wildman–Crippen LogP) is 3.72. The van der Waals surface area contributed by atoms with E-state index in [-0.39, 0.29) is 21.8 Å². The largest absolute Gasteiger partial charge is 0.241 e. The highest BCUT2D eigenvalue weighted by Crippen LogP contribution is 2.26. The molecule has 164 valence electrons. The number of rotatable bonds is 7. The average molecular weight is 455 g/mol. The third-order valence-electron chi connectivity index (χ3n) is 5.56. The minimum absolute atomic E-state index is 0.0332. The van der Waals surface area contributed by atoms with Gasteiger partial charge in [-0.1, -0.05) is 31.9 Å². The second-order valence-electron chi connectivity index (χ2n) is 7.86. The zero-order valence-corrected chi connectivity index (χ0v) is 18.6. The van der Waals surface area contributed by atoms with Crippen LogP contribution in [0.15, 0.2) is 58.3 Å². The van der Waals surface area contributed by atoms with Gasteiger partial charge in [0, 0.05) is 12.1 Å². The first-order valence-corrected chi connectivity index (χ1v) is 13.0. The fourth-order valence-electron chi connectivity index (χ4n) is 3.68. The van der Waals surface area contributed by atoms with Crippen LogP contribution in [-0.2, 0) is 20.0 Å². The number of nitrogens with one attached hydrogen (secondary N) is 2. The van der Waals surface area contributed by atoms with Crippen molar-refractivity contribution in [3.05, 3.63) is 59.9 Å². The fourth-order valence-corrected chi connectivity index (χ4v) is 6.29. The second-order valence-corrected chi connectivity index (χ2v) is 11.3. The van der Waals surface area contributed by atoms with Crippen LogP contribution < -0.4 is 9.44 Å². The van der Waals surface area contributed by atoms with E-state index in [1.807, 2.05) is 6.92 Å². The summed E-state index contributed by atoms with van der Waals surface area (Å²) in [5, 5.41) is 0. The molecule has 0 spiro atoms. The van der Waals surface area contributed by atoms with E-state index in [2.05, 4.69) is 9.44 Å². The number of benzene rings is 2. The summed E-state index contributed by atoms with van der Waals surface area (Å²) in [6, 6.07) is 10.0.